The van der Waals surface area contributed by atoms with Gasteiger partial charge in [-0.25, -0.2) is 4.79 Å². The average molecular weight is 258 g/mol. The van der Waals surface area contributed by atoms with Crippen LogP contribution in [0.1, 0.15) is 11.7 Å². The van der Waals surface area contributed by atoms with Gasteiger partial charge in [-0.15, -0.1) is 0 Å². The van der Waals surface area contributed by atoms with Crippen LogP contribution >= 0.6 is 0 Å². The lowest BCUT2D eigenvalue weighted by molar-refractivity contribution is -0.0233. The van der Waals surface area contributed by atoms with Crippen molar-refractivity contribution in [2.75, 3.05) is 6.61 Å². The molecular weight excluding hydrogens is 244 g/mol. The van der Waals surface area contributed by atoms with Crippen LogP contribution in [0.2, 0.25) is 0 Å². The lowest BCUT2D eigenvalue weighted by Gasteiger charge is -2.14. The Morgan fingerprint density at radius 3 is 2.61 bits per heavy atom. The Bertz CT molecular complexity index is 550. The summed E-state index contributed by atoms with van der Waals surface area (Å²) in [7, 11) is 1.43. The molecule has 3 unspecified atom stereocenters. The third-order valence-corrected chi connectivity index (χ3v) is 2.98. The number of aromatic nitrogens is 2. The first kappa shape index (κ1) is 13.0. The fourth-order valence-electron chi connectivity index (χ4n) is 1.94. The summed E-state index contributed by atoms with van der Waals surface area (Å²) < 4.78 is 6.34. The van der Waals surface area contributed by atoms with Crippen LogP contribution in [0.3, 0.4) is 0 Å². The van der Waals surface area contributed by atoms with Gasteiger partial charge in [0.2, 0.25) is 0 Å². The van der Waals surface area contributed by atoms with Crippen molar-refractivity contribution < 1.29 is 20.1 Å². The quantitative estimate of drug-likeness (QED) is 0.455. The zero-order chi connectivity index (χ0) is 13.4. The molecule has 0 aliphatic carbocycles. The summed E-state index contributed by atoms with van der Waals surface area (Å²) in [6.45, 7) is -0.474. The molecule has 1 aliphatic rings. The molecule has 0 bridgehead atoms. The number of aryl methyl sites for hydroxylation is 1. The van der Waals surface area contributed by atoms with Crippen molar-refractivity contribution in [2.45, 2.75) is 24.4 Å². The second-order valence-corrected chi connectivity index (χ2v) is 4.21. The predicted octanol–water partition coefficient (Wildman–Crippen LogP) is -2.77. The summed E-state index contributed by atoms with van der Waals surface area (Å²) in [5.74, 6) is 0. The van der Waals surface area contributed by atoms with Crippen molar-refractivity contribution in [2.24, 2.45) is 7.05 Å². The van der Waals surface area contributed by atoms with Crippen molar-refractivity contribution >= 4 is 0 Å². The van der Waals surface area contributed by atoms with Crippen LogP contribution in [0.15, 0.2) is 15.8 Å². The molecule has 0 aromatic carbocycles. The van der Waals surface area contributed by atoms with Gasteiger partial charge in [-0.1, -0.05) is 0 Å². The Morgan fingerprint density at radius 1 is 1.39 bits per heavy atom. The molecule has 2 rings (SSSR count). The van der Waals surface area contributed by atoms with E-state index in [4.69, 9.17) is 9.84 Å². The fraction of sp³-hybridized carbons (Fsp3) is 0.600. The SMILES string of the molecule is Cn1cc(C2OC(CO)C(O)[C@@H]2O)c(=O)[nH]c1=O. The van der Waals surface area contributed by atoms with Crippen LogP contribution in [-0.4, -0.2) is 49.8 Å². The number of aliphatic hydroxyl groups excluding tert-OH is 3. The van der Waals surface area contributed by atoms with Crippen molar-refractivity contribution in [3.63, 3.8) is 0 Å². The first-order chi connectivity index (χ1) is 8.45. The zero-order valence-electron chi connectivity index (χ0n) is 9.61. The molecule has 2 heterocycles. The maximum absolute atomic E-state index is 11.6. The summed E-state index contributed by atoms with van der Waals surface area (Å²) in [6, 6.07) is 0. The van der Waals surface area contributed by atoms with Crippen molar-refractivity contribution in [1.82, 2.24) is 9.55 Å². The minimum Gasteiger partial charge on any atom is -0.394 e. The van der Waals surface area contributed by atoms with Gasteiger partial charge in [-0.2, -0.15) is 0 Å². The van der Waals surface area contributed by atoms with Gasteiger partial charge >= 0.3 is 5.69 Å². The Morgan fingerprint density at radius 2 is 2.06 bits per heavy atom. The van der Waals surface area contributed by atoms with Crippen LogP contribution in [0.4, 0.5) is 0 Å². The van der Waals surface area contributed by atoms with E-state index >= 15 is 0 Å². The molecule has 8 heteroatoms. The van der Waals surface area contributed by atoms with E-state index in [1.54, 1.807) is 0 Å². The summed E-state index contributed by atoms with van der Waals surface area (Å²) in [5, 5.41) is 28.3. The second-order valence-electron chi connectivity index (χ2n) is 4.21. The Balaban J connectivity index is 2.42. The predicted molar refractivity (Wildman–Crippen MR) is 59.0 cm³/mol. The largest absolute Gasteiger partial charge is 0.394 e. The molecule has 1 aliphatic heterocycles. The normalized spacial score (nSPS) is 31.8. The Labute approximate surface area is 101 Å². The number of nitrogens with one attached hydrogen (secondary N) is 1. The summed E-state index contributed by atoms with van der Waals surface area (Å²) >= 11 is 0. The molecule has 1 aromatic rings. The van der Waals surface area contributed by atoms with Gasteiger partial charge < -0.3 is 24.6 Å². The molecule has 0 spiro atoms. The van der Waals surface area contributed by atoms with E-state index in [2.05, 4.69) is 4.98 Å². The van der Waals surface area contributed by atoms with E-state index in [0.29, 0.717) is 0 Å². The summed E-state index contributed by atoms with van der Waals surface area (Å²) in [4.78, 5) is 24.9. The number of hydrogen-bond donors (Lipinski definition) is 4. The highest BCUT2D eigenvalue weighted by Crippen LogP contribution is 2.31. The van der Waals surface area contributed by atoms with Gasteiger partial charge in [0, 0.05) is 13.2 Å². The van der Waals surface area contributed by atoms with Crippen LogP contribution < -0.4 is 11.2 Å². The smallest absolute Gasteiger partial charge is 0.328 e. The minimum atomic E-state index is -1.33. The third-order valence-electron chi connectivity index (χ3n) is 2.98. The molecule has 0 amide bonds. The highest BCUT2D eigenvalue weighted by molar-refractivity contribution is 5.14. The molecule has 18 heavy (non-hydrogen) atoms. The molecule has 1 saturated heterocycles. The number of aliphatic hydroxyl groups is 3. The van der Waals surface area contributed by atoms with Gasteiger partial charge in [0.05, 0.1) is 12.2 Å². The van der Waals surface area contributed by atoms with E-state index < -0.39 is 42.3 Å². The number of aromatic amines is 1. The monoisotopic (exact) mass is 258 g/mol. The molecule has 1 fully saturated rings. The second kappa shape index (κ2) is 4.65. The van der Waals surface area contributed by atoms with Crippen molar-refractivity contribution in [3.05, 3.63) is 32.6 Å². The molecule has 1 aromatic heterocycles. The highest BCUT2D eigenvalue weighted by atomic mass is 16.6. The minimum absolute atomic E-state index is 0.0274. The molecule has 0 saturated carbocycles. The Hall–Kier alpha value is -1.48. The first-order valence-corrected chi connectivity index (χ1v) is 5.38. The van der Waals surface area contributed by atoms with Crippen LogP contribution in [-0.2, 0) is 11.8 Å². The van der Waals surface area contributed by atoms with Crippen LogP contribution in [0.25, 0.3) is 0 Å². The summed E-state index contributed by atoms with van der Waals surface area (Å²) in [6.07, 6.45) is -3.41. The van der Waals surface area contributed by atoms with Gasteiger partial charge in [0.1, 0.15) is 24.4 Å². The van der Waals surface area contributed by atoms with E-state index in [-0.39, 0.29) is 5.56 Å². The number of nitrogens with zero attached hydrogens (tertiary/aromatic N) is 1. The molecule has 0 radical (unpaired) electrons. The third kappa shape index (κ3) is 1.99. The van der Waals surface area contributed by atoms with Crippen molar-refractivity contribution in [3.8, 4) is 0 Å². The van der Waals surface area contributed by atoms with Crippen LogP contribution in [0, 0.1) is 0 Å². The van der Waals surface area contributed by atoms with Gasteiger partial charge in [0.25, 0.3) is 5.56 Å². The lowest BCUT2D eigenvalue weighted by Crippen LogP contribution is -2.35. The van der Waals surface area contributed by atoms with Crippen LogP contribution in [0.5, 0.6) is 0 Å². The maximum atomic E-state index is 11.6. The number of ether oxygens (including phenoxy) is 1. The number of rotatable bonds is 2. The molecular formula is C10H14N2O6. The van der Waals surface area contributed by atoms with E-state index in [9.17, 15) is 19.8 Å². The summed E-state index contributed by atoms with van der Waals surface area (Å²) in [5.41, 5.74) is -1.25. The number of hydrogen-bond acceptors (Lipinski definition) is 6. The topological polar surface area (TPSA) is 125 Å². The van der Waals surface area contributed by atoms with E-state index in [1.807, 2.05) is 0 Å². The molecule has 100 valence electrons. The standard InChI is InChI=1S/C10H14N2O6/c1-12-2-4(9(16)11-10(12)17)8-7(15)6(14)5(3-13)18-8/h2,5-8,13-15H,3H2,1H3,(H,11,16,17)/t5?,6?,7-,8?/m0/s1. The van der Waals surface area contributed by atoms with E-state index in [0.717, 1.165) is 4.57 Å². The lowest BCUT2D eigenvalue weighted by atomic mass is 10.0. The van der Waals surface area contributed by atoms with Gasteiger partial charge in [-0.05, 0) is 0 Å². The number of H-pyrrole nitrogens is 1. The zero-order valence-corrected chi connectivity index (χ0v) is 9.61. The van der Waals surface area contributed by atoms with Gasteiger partial charge in [-0.3, -0.25) is 9.78 Å². The van der Waals surface area contributed by atoms with Gasteiger partial charge in [0.15, 0.2) is 0 Å². The fourth-order valence-corrected chi connectivity index (χ4v) is 1.94. The highest BCUT2D eigenvalue weighted by Gasteiger charge is 2.44. The molecule has 4 N–H and O–H groups in total. The molecule has 8 nitrogen and oxygen atoms in total. The molecule has 4 atom stereocenters. The Kier molecular flexibility index (Phi) is 3.35. The first-order valence-electron chi connectivity index (χ1n) is 5.38. The maximum Gasteiger partial charge on any atom is 0.328 e. The average Bonchev–Trinajstić information content (AvgIpc) is 2.61. The van der Waals surface area contributed by atoms with E-state index in [1.165, 1.54) is 13.2 Å². The van der Waals surface area contributed by atoms with Crippen molar-refractivity contribution in [1.29, 1.82) is 0 Å².